The average molecular weight is 407 g/mol. The lowest BCUT2D eigenvalue weighted by atomic mass is 9.94. The maximum Gasteiger partial charge on any atom is 0.226 e. The van der Waals surface area contributed by atoms with Crippen molar-refractivity contribution in [2.45, 2.75) is 25.8 Å². The van der Waals surface area contributed by atoms with Crippen molar-refractivity contribution in [3.05, 3.63) is 38.8 Å². The molecular formula is C17H19BrN4OS. The van der Waals surface area contributed by atoms with Gasteiger partial charge in [0.15, 0.2) is 0 Å². The molecule has 2 aromatic rings. The summed E-state index contributed by atoms with van der Waals surface area (Å²) in [6, 6.07) is 2.16. The predicted molar refractivity (Wildman–Crippen MR) is 98.1 cm³/mol. The number of thiophene rings is 1. The van der Waals surface area contributed by atoms with E-state index in [-0.39, 0.29) is 5.92 Å². The van der Waals surface area contributed by atoms with Crippen LogP contribution in [0.15, 0.2) is 28.3 Å². The van der Waals surface area contributed by atoms with Gasteiger partial charge in [0.25, 0.3) is 0 Å². The topological polar surface area (TPSA) is 49.3 Å². The van der Waals surface area contributed by atoms with Crippen molar-refractivity contribution in [3.8, 4) is 0 Å². The Morgan fingerprint density at radius 3 is 2.71 bits per heavy atom. The van der Waals surface area contributed by atoms with E-state index in [1.165, 1.54) is 10.4 Å². The first kappa shape index (κ1) is 16.0. The summed E-state index contributed by atoms with van der Waals surface area (Å²) in [6.07, 6.45) is 6.30. The number of anilines is 1. The van der Waals surface area contributed by atoms with E-state index in [2.05, 4.69) is 42.2 Å². The fourth-order valence-electron chi connectivity index (χ4n) is 3.49. The van der Waals surface area contributed by atoms with E-state index in [0.717, 1.165) is 55.9 Å². The van der Waals surface area contributed by atoms with Crippen molar-refractivity contribution in [2.75, 3.05) is 24.5 Å². The highest BCUT2D eigenvalue weighted by molar-refractivity contribution is 9.10. The standard InChI is InChI=1S/C17H19BrN4OS/c18-14-9-19-17(20-10-14)21-5-1-12(2-6-21)16(23)22-7-3-15-13(11-22)4-8-24-15/h4,8-10,12H,1-3,5-7,11H2. The molecule has 1 fully saturated rings. The summed E-state index contributed by atoms with van der Waals surface area (Å²) in [6.45, 7) is 3.33. The van der Waals surface area contributed by atoms with Gasteiger partial charge in [-0.25, -0.2) is 9.97 Å². The number of aromatic nitrogens is 2. The second kappa shape index (κ2) is 6.80. The van der Waals surface area contributed by atoms with E-state index < -0.39 is 0 Å². The zero-order valence-electron chi connectivity index (χ0n) is 13.3. The number of carbonyl (C=O) groups is 1. The molecule has 2 aromatic heterocycles. The fourth-order valence-corrected chi connectivity index (χ4v) is 4.58. The van der Waals surface area contributed by atoms with E-state index in [0.29, 0.717) is 5.91 Å². The van der Waals surface area contributed by atoms with Gasteiger partial charge in [-0.3, -0.25) is 4.79 Å². The number of rotatable bonds is 2. The number of hydrogen-bond donors (Lipinski definition) is 0. The molecule has 2 aliphatic heterocycles. The lowest BCUT2D eigenvalue weighted by molar-refractivity contribution is -0.137. The number of carbonyl (C=O) groups excluding carboxylic acids is 1. The van der Waals surface area contributed by atoms with E-state index in [9.17, 15) is 4.79 Å². The Morgan fingerprint density at radius 1 is 1.21 bits per heavy atom. The van der Waals surface area contributed by atoms with Crippen LogP contribution in [-0.2, 0) is 17.8 Å². The Bertz CT molecular complexity index is 724. The summed E-state index contributed by atoms with van der Waals surface area (Å²) in [5.41, 5.74) is 1.33. The minimum absolute atomic E-state index is 0.136. The van der Waals surface area contributed by atoms with Crippen LogP contribution in [0.3, 0.4) is 0 Å². The zero-order valence-corrected chi connectivity index (χ0v) is 15.7. The highest BCUT2D eigenvalue weighted by Crippen LogP contribution is 2.28. The molecule has 126 valence electrons. The lowest BCUT2D eigenvalue weighted by Crippen LogP contribution is -2.44. The van der Waals surface area contributed by atoms with E-state index in [1.54, 1.807) is 12.4 Å². The third-order valence-electron chi connectivity index (χ3n) is 4.85. The molecular weight excluding hydrogens is 388 g/mol. The van der Waals surface area contributed by atoms with Gasteiger partial charge in [0, 0.05) is 49.4 Å². The quantitative estimate of drug-likeness (QED) is 0.768. The summed E-state index contributed by atoms with van der Waals surface area (Å²) in [7, 11) is 0. The molecule has 1 amide bonds. The number of nitrogens with zero attached hydrogens (tertiary/aromatic N) is 4. The van der Waals surface area contributed by atoms with Crippen molar-refractivity contribution in [2.24, 2.45) is 5.92 Å². The lowest BCUT2D eigenvalue weighted by Gasteiger charge is -2.35. The van der Waals surface area contributed by atoms with Crippen LogP contribution in [0.25, 0.3) is 0 Å². The van der Waals surface area contributed by atoms with Gasteiger partial charge in [-0.2, -0.15) is 0 Å². The molecule has 5 nitrogen and oxygen atoms in total. The van der Waals surface area contributed by atoms with Crippen molar-refractivity contribution in [1.29, 1.82) is 0 Å². The summed E-state index contributed by atoms with van der Waals surface area (Å²) >= 11 is 5.17. The van der Waals surface area contributed by atoms with Gasteiger partial charge in [-0.15, -0.1) is 11.3 Å². The molecule has 4 heterocycles. The van der Waals surface area contributed by atoms with Gasteiger partial charge in [0.05, 0.1) is 4.47 Å². The van der Waals surface area contributed by atoms with Crippen molar-refractivity contribution >= 4 is 39.1 Å². The number of halogens is 1. The van der Waals surface area contributed by atoms with Crippen LogP contribution in [-0.4, -0.2) is 40.4 Å². The molecule has 4 rings (SSSR count). The SMILES string of the molecule is O=C(C1CCN(c2ncc(Br)cn2)CC1)N1CCc2sccc2C1. The summed E-state index contributed by atoms with van der Waals surface area (Å²) in [4.78, 5) is 27.2. The minimum atomic E-state index is 0.136. The molecule has 24 heavy (non-hydrogen) atoms. The van der Waals surface area contributed by atoms with Gasteiger partial charge in [-0.1, -0.05) is 0 Å². The predicted octanol–water partition coefficient (Wildman–Crippen LogP) is 3.10. The first-order valence-electron chi connectivity index (χ1n) is 8.27. The Kier molecular flexibility index (Phi) is 4.54. The van der Waals surface area contributed by atoms with Gasteiger partial charge in [0.2, 0.25) is 11.9 Å². The van der Waals surface area contributed by atoms with E-state index in [1.807, 2.05) is 16.2 Å². The average Bonchev–Trinajstić information content (AvgIpc) is 3.09. The molecule has 0 spiro atoms. The van der Waals surface area contributed by atoms with E-state index in [4.69, 9.17) is 0 Å². The molecule has 2 aliphatic rings. The van der Waals surface area contributed by atoms with Gasteiger partial charge in [0.1, 0.15) is 0 Å². The Balaban J connectivity index is 1.36. The maximum absolute atomic E-state index is 12.8. The van der Waals surface area contributed by atoms with Crippen LogP contribution in [0.1, 0.15) is 23.3 Å². The smallest absolute Gasteiger partial charge is 0.226 e. The number of amides is 1. The van der Waals surface area contributed by atoms with Gasteiger partial charge < -0.3 is 9.80 Å². The number of fused-ring (bicyclic) bond motifs is 1. The highest BCUT2D eigenvalue weighted by Gasteiger charge is 2.31. The molecule has 1 saturated heterocycles. The molecule has 0 N–H and O–H groups in total. The zero-order chi connectivity index (χ0) is 16.5. The Morgan fingerprint density at radius 2 is 1.96 bits per heavy atom. The molecule has 7 heteroatoms. The normalized spacial score (nSPS) is 18.5. The van der Waals surface area contributed by atoms with E-state index >= 15 is 0 Å². The molecule has 0 radical (unpaired) electrons. The molecule has 0 aliphatic carbocycles. The monoisotopic (exact) mass is 406 g/mol. The van der Waals surface area contributed by atoms with Crippen molar-refractivity contribution in [1.82, 2.24) is 14.9 Å². The van der Waals surface area contributed by atoms with Gasteiger partial charge >= 0.3 is 0 Å². The van der Waals surface area contributed by atoms with Crippen LogP contribution in [0.2, 0.25) is 0 Å². The van der Waals surface area contributed by atoms with Gasteiger partial charge in [-0.05, 0) is 52.2 Å². The summed E-state index contributed by atoms with van der Waals surface area (Å²) < 4.78 is 0.884. The van der Waals surface area contributed by atoms with Crippen molar-refractivity contribution < 1.29 is 4.79 Å². The number of piperidine rings is 1. The van der Waals surface area contributed by atoms with Crippen LogP contribution in [0, 0.1) is 5.92 Å². The third-order valence-corrected chi connectivity index (χ3v) is 6.29. The first-order valence-corrected chi connectivity index (χ1v) is 9.94. The molecule has 0 bridgehead atoms. The second-order valence-corrected chi connectivity index (χ2v) is 8.26. The largest absolute Gasteiger partial charge is 0.341 e. The number of hydrogen-bond acceptors (Lipinski definition) is 5. The minimum Gasteiger partial charge on any atom is -0.341 e. The molecule has 0 atom stereocenters. The molecule has 0 unspecified atom stereocenters. The van der Waals surface area contributed by atoms with Crippen LogP contribution < -0.4 is 4.90 Å². The maximum atomic E-state index is 12.8. The van der Waals surface area contributed by atoms with Crippen LogP contribution in [0.4, 0.5) is 5.95 Å². The van der Waals surface area contributed by atoms with Crippen LogP contribution >= 0.6 is 27.3 Å². The second-order valence-electron chi connectivity index (χ2n) is 6.34. The Labute approximate surface area is 153 Å². The van der Waals surface area contributed by atoms with Crippen molar-refractivity contribution in [3.63, 3.8) is 0 Å². The van der Waals surface area contributed by atoms with Crippen LogP contribution in [0.5, 0.6) is 0 Å². The Hall–Kier alpha value is -1.47. The third kappa shape index (κ3) is 3.19. The summed E-state index contributed by atoms with van der Waals surface area (Å²) in [5, 5.41) is 2.13. The summed E-state index contributed by atoms with van der Waals surface area (Å²) in [5.74, 6) is 1.21. The highest BCUT2D eigenvalue weighted by atomic mass is 79.9. The molecule has 0 aromatic carbocycles. The molecule has 0 saturated carbocycles. The first-order chi connectivity index (χ1) is 11.7. The fraction of sp³-hybridized carbons (Fsp3) is 0.471.